The molecule has 0 bridgehead atoms. The number of nitrogens with zero attached hydrogens (tertiary/aromatic N) is 6. The lowest BCUT2D eigenvalue weighted by Gasteiger charge is -2.10. The zero-order valence-electron chi connectivity index (χ0n) is 92.0. The Morgan fingerprint density at radius 3 is 0.858 bits per heavy atom. The van der Waals surface area contributed by atoms with E-state index in [1.165, 1.54) is 167 Å². The monoisotopic (exact) mass is 1860 g/mol. The maximum atomic E-state index is 8.46. The van der Waals surface area contributed by atoms with Crippen LogP contribution in [0.1, 0.15) is 144 Å². The maximum Gasteiger partial charge on any atom is 0.216 e. The van der Waals surface area contributed by atoms with Crippen LogP contribution in [0.5, 0.6) is 0 Å². The van der Waals surface area contributed by atoms with E-state index in [1.54, 1.807) is 24.4 Å². The van der Waals surface area contributed by atoms with E-state index < -0.39 is 19.6 Å². The molecule has 0 N–H and O–H groups in total. The molecule has 0 fully saturated rings. The van der Waals surface area contributed by atoms with E-state index in [0.717, 1.165) is 122 Å². The van der Waals surface area contributed by atoms with E-state index in [9.17, 15) is 0 Å². The molecule has 12 heterocycles. The summed E-state index contributed by atoms with van der Waals surface area (Å²) < 4.78 is 105. The standard InChI is InChI=1S/C23H24NO.2C22H22NO.2C21H20NO.C20H18NO/c1-14(2)17-10-11-24(5)19(13-17)22-16(4)12-15(3)21-18-8-6-7-9-20(18)25-23(21)22;1-13-11-18(23(5)12-16(13)4)21-15(3)10-14(2)20-17-8-6-7-9-19(17)24-22(20)21;1-14(2)16-11-12-23(4)19(13-16)21-15(3)9-10-18-17-7-5-6-8-20(17)24-22(18)21;1-13-9-10-17-16-7-5-6-8-19(16)23-21(17)20(13)18-11-14(2)15(3)12-22(18)4;1-13-9-10-17(22(4)12-13)20-15(3)11-14(2)19-16-7-5-6-8-18(16)23-21(19)20;1-13-8-11-17(21(3)12-13)19-14(2)9-10-16-15-6-4-5-7-18(15)22-20(16)19/h6-14H,1-5H3;6-12H,1-5H3;5-14H,1-4H3;2*5-12H,1-4H3;4-12H,1-3H3/q6*+1/i;;1D3,14D;;;1D3. The minimum Gasteiger partial charge on any atom is -0.455 e. The topological polar surface area (TPSA) is 102 Å². The normalized spacial score (nSPS) is 12.9. The molecule has 0 amide bonds. The Kier molecular flexibility index (Phi) is 23.3. The zero-order chi connectivity index (χ0) is 105. The number of pyridine rings is 6. The van der Waals surface area contributed by atoms with E-state index in [4.69, 9.17) is 36.1 Å². The summed E-state index contributed by atoms with van der Waals surface area (Å²) in [5.74, 6) is -1.21. The zero-order valence-corrected chi connectivity index (χ0v) is 85.0. The van der Waals surface area contributed by atoms with Gasteiger partial charge in [-0.15, -0.1) is 0 Å². The highest BCUT2D eigenvalue weighted by atomic mass is 16.4. The first kappa shape index (κ1) is 85.7. The Balaban J connectivity index is 0.000000112. The quantitative estimate of drug-likeness (QED) is 0.140. The van der Waals surface area contributed by atoms with Crippen molar-refractivity contribution in [3.05, 3.63) is 393 Å². The van der Waals surface area contributed by atoms with Gasteiger partial charge in [-0.05, 0) is 236 Å². The summed E-state index contributed by atoms with van der Waals surface area (Å²) in [6.07, 6.45) is 12.2. The summed E-state index contributed by atoms with van der Waals surface area (Å²) in [6.45, 7) is 31.3. The first-order chi connectivity index (χ1) is 70.5. The van der Waals surface area contributed by atoms with Gasteiger partial charge in [0.1, 0.15) is 109 Å². The average molecular weight is 1860 g/mol. The molecule has 0 aliphatic rings. The van der Waals surface area contributed by atoms with Crippen LogP contribution < -0.4 is 27.4 Å². The number of benzene rings is 12. The molecule has 0 aliphatic heterocycles. The predicted molar refractivity (Wildman–Crippen MR) is 581 cm³/mol. The van der Waals surface area contributed by atoms with E-state index >= 15 is 0 Å². The van der Waals surface area contributed by atoms with Crippen molar-refractivity contribution < 1.29 is 63.5 Å². The number of hydrogen-bond donors (Lipinski definition) is 0. The van der Waals surface area contributed by atoms with Crippen molar-refractivity contribution in [1.29, 1.82) is 0 Å². The highest BCUT2D eigenvalue weighted by Crippen LogP contribution is 2.46. The van der Waals surface area contributed by atoms with E-state index in [2.05, 4.69) is 320 Å². The summed E-state index contributed by atoms with van der Waals surface area (Å²) in [5.41, 5.74) is 43.7. The van der Waals surface area contributed by atoms with Crippen LogP contribution in [0.4, 0.5) is 0 Å². The van der Waals surface area contributed by atoms with Gasteiger partial charge < -0.3 is 26.5 Å². The fourth-order valence-electron chi connectivity index (χ4n) is 20.7. The van der Waals surface area contributed by atoms with Crippen LogP contribution in [0.2, 0.25) is 0 Å². The predicted octanol–water partition coefficient (Wildman–Crippen LogP) is 31.3. The van der Waals surface area contributed by atoms with Crippen molar-refractivity contribution in [3.8, 4) is 67.5 Å². The third kappa shape index (κ3) is 17.6. The molecule has 1 unspecified atom stereocenters. The fourth-order valence-corrected chi connectivity index (χ4v) is 20.7. The maximum absolute atomic E-state index is 8.46. The molecule has 24 aromatic rings. The first-order valence-corrected chi connectivity index (χ1v) is 48.4. The lowest BCUT2D eigenvalue weighted by molar-refractivity contribution is -0.660. The van der Waals surface area contributed by atoms with Gasteiger partial charge in [-0.3, -0.25) is 0 Å². The number of aryl methyl sites for hydroxylation is 21. The molecule has 0 saturated carbocycles. The van der Waals surface area contributed by atoms with E-state index in [-0.39, 0.29) is 0 Å². The second-order valence-electron chi connectivity index (χ2n) is 38.8. The summed E-state index contributed by atoms with van der Waals surface area (Å²) in [4.78, 5) is 0. The average Bonchev–Trinajstić information content (AvgIpc) is 1.59. The molecular formula is C129H126N6O6+6. The minimum atomic E-state index is -2.43. The van der Waals surface area contributed by atoms with Gasteiger partial charge >= 0.3 is 0 Å². The van der Waals surface area contributed by atoms with Crippen LogP contribution in [0.15, 0.2) is 325 Å². The molecule has 12 aromatic carbocycles. The Bertz CT molecular complexity index is 9420. The summed E-state index contributed by atoms with van der Waals surface area (Å²) in [7, 11) is 12.2. The molecule has 702 valence electrons. The van der Waals surface area contributed by atoms with Crippen LogP contribution in [-0.4, -0.2) is 0 Å². The van der Waals surface area contributed by atoms with Gasteiger partial charge in [0.15, 0.2) is 37.2 Å². The van der Waals surface area contributed by atoms with Crippen molar-refractivity contribution in [3.63, 3.8) is 0 Å². The molecule has 0 saturated heterocycles. The Morgan fingerprint density at radius 2 is 0.511 bits per heavy atom. The minimum absolute atomic E-state index is 0.327. The molecule has 12 nitrogen and oxygen atoms in total. The van der Waals surface area contributed by atoms with Crippen LogP contribution in [0.3, 0.4) is 0 Å². The number of aromatic nitrogens is 6. The molecule has 0 spiro atoms. The third-order valence-corrected chi connectivity index (χ3v) is 28.3. The highest BCUT2D eigenvalue weighted by molar-refractivity contribution is 6.16. The largest absolute Gasteiger partial charge is 0.455 e. The molecule has 141 heavy (non-hydrogen) atoms. The third-order valence-electron chi connectivity index (χ3n) is 28.3. The van der Waals surface area contributed by atoms with Crippen LogP contribution >= 0.6 is 0 Å². The molecule has 0 radical (unpaired) electrons. The Hall–Kier alpha value is -15.7. The molecule has 1 atom stereocenters. The van der Waals surface area contributed by atoms with Gasteiger partial charge in [-0.2, -0.15) is 0 Å². The second-order valence-corrected chi connectivity index (χ2v) is 38.8. The number of furan rings is 6. The van der Waals surface area contributed by atoms with Crippen LogP contribution in [0.25, 0.3) is 199 Å². The summed E-state index contributed by atoms with van der Waals surface area (Å²) in [6, 6.07) is 88.9. The van der Waals surface area contributed by atoms with Crippen LogP contribution in [0, 0.1) is 104 Å². The molecule has 12 heteroatoms. The van der Waals surface area contributed by atoms with E-state index in [1.807, 2.05) is 134 Å². The lowest BCUT2D eigenvalue weighted by atomic mass is 9.95. The van der Waals surface area contributed by atoms with Gasteiger partial charge in [-0.25, -0.2) is 27.4 Å². The van der Waals surface area contributed by atoms with Crippen molar-refractivity contribution in [2.75, 3.05) is 0 Å². The molecule has 12 aromatic heterocycles. The molecule has 0 aliphatic carbocycles. The Labute approximate surface area is 835 Å². The van der Waals surface area contributed by atoms with Gasteiger partial charge in [0.2, 0.25) is 34.2 Å². The number of hydrogen-bond acceptors (Lipinski definition) is 6. The lowest BCUT2D eigenvalue weighted by Crippen LogP contribution is -2.31. The summed E-state index contributed by atoms with van der Waals surface area (Å²) >= 11 is 0. The van der Waals surface area contributed by atoms with Gasteiger partial charge in [0.05, 0.1) is 33.4 Å². The summed E-state index contributed by atoms with van der Waals surface area (Å²) in [5, 5.41) is 13.8. The van der Waals surface area contributed by atoms with Crippen molar-refractivity contribution in [1.82, 2.24) is 0 Å². The number of rotatable bonds is 8. The highest BCUT2D eigenvalue weighted by Gasteiger charge is 2.30. The van der Waals surface area contributed by atoms with E-state index in [0.29, 0.717) is 17.0 Å². The van der Waals surface area contributed by atoms with Gasteiger partial charge in [0.25, 0.3) is 0 Å². The second kappa shape index (κ2) is 38.3. The van der Waals surface area contributed by atoms with Crippen molar-refractivity contribution >= 4 is 132 Å². The van der Waals surface area contributed by atoms with Crippen molar-refractivity contribution in [2.45, 2.75) is 143 Å². The Morgan fingerprint density at radius 1 is 0.227 bits per heavy atom. The SMILES string of the molecule is Cc1cc(-c2c(C)cc(C)c3c2oc2ccccc23)[n+](C)cc1C.Cc1cc(-c2c(C)ccc3c2oc2ccccc23)[n+](C)cc1C.Cc1cc(C)c2c(oc3ccccc32)c1-c1cc(C(C)C)cc[n+]1C.Cc1ccc(-c2c(C)cc(C)c3c2oc2ccccc23)[n+](C)c1.[2H]C([2H])([2H])C([2H])(C)c1cc[n+](C)c(-c2c(C)ccc3c2oc2ccccc23)c1.[2H]C([2H])([2H])c1ccc(-c2c(C)ccc3c2oc2ccccc23)[n+](C)c1. The number of fused-ring (bicyclic) bond motifs is 18. The number of para-hydroxylation sites is 6. The first-order valence-electron chi connectivity index (χ1n) is 51.9. The molecule has 24 rings (SSSR count). The van der Waals surface area contributed by atoms with Gasteiger partial charge in [0, 0.05) is 145 Å². The van der Waals surface area contributed by atoms with Crippen LogP contribution in [-0.2, 0) is 42.3 Å². The fraction of sp³-hybridized carbons (Fsp3) is 0.209. The van der Waals surface area contributed by atoms with Gasteiger partial charge in [-0.1, -0.05) is 191 Å². The smallest absolute Gasteiger partial charge is 0.216 e. The van der Waals surface area contributed by atoms with Crippen molar-refractivity contribution in [2.24, 2.45) is 42.3 Å². The molecular weight excluding hydrogens is 1730 g/mol.